The molecule has 0 radical (unpaired) electrons. The molecular formula is C13H14ClN3O4. The van der Waals surface area contributed by atoms with Gasteiger partial charge in [-0.2, -0.15) is 5.10 Å². The van der Waals surface area contributed by atoms with Gasteiger partial charge in [0.05, 0.1) is 10.4 Å². The number of rotatable bonds is 3. The zero-order valence-electron chi connectivity index (χ0n) is 11.8. The van der Waals surface area contributed by atoms with E-state index in [1.807, 2.05) is 0 Å². The van der Waals surface area contributed by atoms with Crippen LogP contribution in [-0.4, -0.2) is 26.3 Å². The monoisotopic (exact) mass is 311 g/mol. The number of esters is 1. The lowest BCUT2D eigenvalue weighted by Crippen LogP contribution is -2.26. The summed E-state index contributed by atoms with van der Waals surface area (Å²) in [7, 11) is 0. The zero-order valence-corrected chi connectivity index (χ0v) is 12.5. The molecule has 0 aliphatic heterocycles. The number of nitro groups is 1. The Morgan fingerprint density at radius 1 is 1.48 bits per heavy atom. The van der Waals surface area contributed by atoms with Gasteiger partial charge >= 0.3 is 5.97 Å². The molecule has 0 spiro atoms. The number of carbonyl (C=O) groups is 1. The number of hydrogen-bond donors (Lipinski definition) is 0. The van der Waals surface area contributed by atoms with Gasteiger partial charge < -0.3 is 4.74 Å². The average molecular weight is 312 g/mol. The number of nitro benzene ring substituents is 1. The van der Waals surface area contributed by atoms with Gasteiger partial charge in [-0.05, 0) is 26.8 Å². The van der Waals surface area contributed by atoms with Crippen molar-refractivity contribution in [3.05, 3.63) is 33.5 Å². The number of carbonyl (C=O) groups excluding carboxylic acids is 1. The van der Waals surface area contributed by atoms with Crippen LogP contribution in [0.2, 0.25) is 5.15 Å². The van der Waals surface area contributed by atoms with Crippen molar-refractivity contribution in [1.82, 2.24) is 9.78 Å². The molecule has 1 heterocycles. The molecule has 0 N–H and O–H groups in total. The number of hydrogen-bond acceptors (Lipinski definition) is 5. The van der Waals surface area contributed by atoms with Crippen LogP contribution in [0, 0.1) is 10.1 Å². The summed E-state index contributed by atoms with van der Waals surface area (Å²) in [5.74, 6) is -0.491. The third-order valence-corrected chi connectivity index (χ3v) is 2.88. The van der Waals surface area contributed by atoms with Crippen molar-refractivity contribution < 1.29 is 14.5 Å². The third kappa shape index (κ3) is 3.49. The fraction of sp³-hybridized carbons (Fsp3) is 0.385. The van der Waals surface area contributed by atoms with Gasteiger partial charge in [0.25, 0.3) is 5.69 Å². The molecule has 0 bridgehead atoms. The molecule has 0 unspecified atom stereocenters. The largest absolute Gasteiger partial charge is 0.459 e. The molecule has 7 nitrogen and oxygen atoms in total. The van der Waals surface area contributed by atoms with Gasteiger partial charge in [-0.25, -0.2) is 0 Å². The first-order valence-corrected chi connectivity index (χ1v) is 6.57. The van der Waals surface area contributed by atoms with Crippen LogP contribution in [-0.2, 0) is 16.1 Å². The molecule has 8 heteroatoms. The second kappa shape index (κ2) is 5.33. The van der Waals surface area contributed by atoms with Crippen LogP contribution in [0.3, 0.4) is 0 Å². The van der Waals surface area contributed by atoms with E-state index in [1.165, 1.54) is 22.9 Å². The average Bonchev–Trinajstić information content (AvgIpc) is 2.63. The van der Waals surface area contributed by atoms with Gasteiger partial charge in [0.15, 0.2) is 5.15 Å². The zero-order chi connectivity index (χ0) is 15.8. The van der Waals surface area contributed by atoms with E-state index in [2.05, 4.69) is 5.10 Å². The first kappa shape index (κ1) is 15.2. The highest BCUT2D eigenvalue weighted by Gasteiger charge is 2.20. The maximum Gasteiger partial charge on any atom is 0.328 e. The van der Waals surface area contributed by atoms with Crippen LogP contribution >= 0.6 is 11.6 Å². The highest BCUT2D eigenvalue weighted by atomic mass is 35.5. The molecule has 1 aromatic carbocycles. The number of aromatic nitrogens is 2. The maximum atomic E-state index is 11.8. The molecule has 0 aliphatic rings. The van der Waals surface area contributed by atoms with Crippen molar-refractivity contribution in [2.24, 2.45) is 0 Å². The smallest absolute Gasteiger partial charge is 0.328 e. The molecular weight excluding hydrogens is 298 g/mol. The Morgan fingerprint density at radius 3 is 2.71 bits per heavy atom. The van der Waals surface area contributed by atoms with Gasteiger partial charge in [0, 0.05) is 17.5 Å². The van der Waals surface area contributed by atoms with Gasteiger partial charge in [0.2, 0.25) is 0 Å². The molecule has 0 aliphatic carbocycles. The van der Waals surface area contributed by atoms with Crippen molar-refractivity contribution in [3.63, 3.8) is 0 Å². The Kier molecular flexibility index (Phi) is 3.87. The van der Waals surface area contributed by atoms with Crippen molar-refractivity contribution in [1.29, 1.82) is 0 Å². The van der Waals surface area contributed by atoms with E-state index in [-0.39, 0.29) is 17.4 Å². The quantitative estimate of drug-likeness (QED) is 0.494. The summed E-state index contributed by atoms with van der Waals surface area (Å²) in [5.41, 5.74) is -0.292. The highest BCUT2D eigenvalue weighted by molar-refractivity contribution is 6.34. The summed E-state index contributed by atoms with van der Waals surface area (Å²) < 4.78 is 6.51. The first-order chi connectivity index (χ1) is 9.67. The van der Waals surface area contributed by atoms with Gasteiger partial charge in [-0.15, -0.1) is 0 Å². The third-order valence-electron chi connectivity index (χ3n) is 2.60. The number of nitrogens with zero attached hydrogens (tertiary/aromatic N) is 3. The van der Waals surface area contributed by atoms with Crippen molar-refractivity contribution in [3.8, 4) is 0 Å². The summed E-state index contributed by atoms with van der Waals surface area (Å²) in [6.45, 7) is 5.10. The number of fused-ring (bicyclic) bond motifs is 1. The standard InChI is InChI=1S/C13H14ClN3O4/c1-13(2,3)21-11(18)7-16-10-6-8(17(19)20)4-5-9(10)12(14)15-16/h4-6H,7H2,1-3H3. The summed E-state index contributed by atoms with van der Waals surface area (Å²) in [5, 5.41) is 15.6. The van der Waals surface area contributed by atoms with Crippen LogP contribution in [0.15, 0.2) is 18.2 Å². The van der Waals surface area contributed by atoms with Crippen LogP contribution in [0.1, 0.15) is 20.8 Å². The minimum Gasteiger partial charge on any atom is -0.459 e. The summed E-state index contributed by atoms with van der Waals surface area (Å²) in [4.78, 5) is 22.1. The van der Waals surface area contributed by atoms with Crippen molar-refractivity contribution in [2.45, 2.75) is 32.9 Å². The topological polar surface area (TPSA) is 87.3 Å². The van der Waals surface area contributed by atoms with Crippen LogP contribution in [0.5, 0.6) is 0 Å². The minimum atomic E-state index is -0.615. The van der Waals surface area contributed by atoms with E-state index in [0.29, 0.717) is 10.9 Å². The lowest BCUT2D eigenvalue weighted by molar-refractivity contribution is -0.384. The molecule has 1 aromatic heterocycles. The number of benzene rings is 1. The molecule has 0 saturated carbocycles. The lowest BCUT2D eigenvalue weighted by atomic mass is 10.2. The number of ether oxygens (including phenoxy) is 1. The van der Waals surface area contributed by atoms with Crippen LogP contribution in [0.25, 0.3) is 10.9 Å². The van der Waals surface area contributed by atoms with Crippen LogP contribution < -0.4 is 0 Å². The fourth-order valence-corrected chi connectivity index (χ4v) is 2.10. The van der Waals surface area contributed by atoms with Gasteiger partial charge in [-0.1, -0.05) is 11.6 Å². The predicted molar refractivity (Wildman–Crippen MR) is 77.2 cm³/mol. The second-order valence-corrected chi connectivity index (χ2v) is 5.85. The Balaban J connectivity index is 2.37. The Labute approximate surface area is 125 Å². The van der Waals surface area contributed by atoms with E-state index in [0.717, 1.165) is 0 Å². The van der Waals surface area contributed by atoms with Gasteiger partial charge in [-0.3, -0.25) is 19.6 Å². The molecule has 112 valence electrons. The normalized spacial score (nSPS) is 11.6. The molecule has 0 fully saturated rings. The molecule has 2 rings (SSSR count). The van der Waals surface area contributed by atoms with E-state index >= 15 is 0 Å². The highest BCUT2D eigenvalue weighted by Crippen LogP contribution is 2.26. The van der Waals surface area contributed by atoms with E-state index < -0.39 is 16.5 Å². The maximum absolute atomic E-state index is 11.8. The Bertz CT molecular complexity index is 718. The molecule has 21 heavy (non-hydrogen) atoms. The van der Waals surface area contributed by atoms with Crippen molar-refractivity contribution >= 4 is 34.2 Å². The van der Waals surface area contributed by atoms with Crippen LogP contribution in [0.4, 0.5) is 5.69 Å². The second-order valence-electron chi connectivity index (χ2n) is 5.49. The van der Waals surface area contributed by atoms with Crippen molar-refractivity contribution in [2.75, 3.05) is 0 Å². The van der Waals surface area contributed by atoms with E-state index in [9.17, 15) is 14.9 Å². The summed E-state index contributed by atoms with van der Waals surface area (Å²) in [6.07, 6.45) is 0. The van der Waals surface area contributed by atoms with E-state index in [1.54, 1.807) is 20.8 Å². The van der Waals surface area contributed by atoms with E-state index in [4.69, 9.17) is 16.3 Å². The molecule has 0 saturated heterocycles. The predicted octanol–water partition coefficient (Wildman–Crippen LogP) is 2.94. The Hall–Kier alpha value is -2.15. The first-order valence-electron chi connectivity index (χ1n) is 6.20. The molecule has 0 atom stereocenters. The van der Waals surface area contributed by atoms with Gasteiger partial charge in [0.1, 0.15) is 12.1 Å². The summed E-state index contributed by atoms with van der Waals surface area (Å²) in [6, 6.07) is 4.18. The fourth-order valence-electron chi connectivity index (χ4n) is 1.85. The SMILES string of the molecule is CC(C)(C)OC(=O)Cn1nc(Cl)c2ccc([N+](=O)[O-])cc21. The molecule has 0 amide bonds. The molecule has 2 aromatic rings. The number of halogens is 1. The minimum absolute atomic E-state index is 0.0931. The Morgan fingerprint density at radius 2 is 2.14 bits per heavy atom. The number of non-ortho nitro benzene ring substituents is 1. The lowest BCUT2D eigenvalue weighted by Gasteiger charge is -2.19. The summed E-state index contributed by atoms with van der Waals surface area (Å²) >= 11 is 5.97.